The lowest BCUT2D eigenvalue weighted by Gasteiger charge is -2.10. The first-order chi connectivity index (χ1) is 7.72. The minimum atomic E-state index is -3.89. The fourth-order valence-electron chi connectivity index (χ4n) is 1.22. The topological polar surface area (TPSA) is 83.5 Å². The maximum Gasteiger partial charge on any atom is 0.335 e. The molecule has 0 aliphatic rings. The fraction of sp³-hybridized carbons (Fsp3) is 0.300. The van der Waals surface area contributed by atoms with Crippen molar-refractivity contribution < 1.29 is 22.7 Å². The Morgan fingerprint density at radius 2 is 1.94 bits per heavy atom. The van der Waals surface area contributed by atoms with Crippen molar-refractivity contribution in [3.63, 3.8) is 0 Å². The first-order valence-corrected chi connectivity index (χ1v) is 6.27. The third-order valence-electron chi connectivity index (χ3n) is 1.82. The number of carbonyl (C=O) groups is 1. The lowest BCUT2D eigenvalue weighted by atomic mass is 10.2. The predicted molar refractivity (Wildman–Crippen MR) is 58.8 cm³/mol. The van der Waals surface area contributed by atoms with Gasteiger partial charge in [0.15, 0.2) is 0 Å². The summed E-state index contributed by atoms with van der Waals surface area (Å²) in [4.78, 5) is 10.3. The highest BCUT2D eigenvalue weighted by Crippen LogP contribution is 2.15. The number of halogens is 1. The first-order valence-electron chi connectivity index (χ1n) is 4.78. The number of hydrogen-bond acceptors (Lipinski definition) is 3. The number of benzene rings is 1. The van der Waals surface area contributed by atoms with Crippen LogP contribution in [0.1, 0.15) is 24.2 Å². The monoisotopic (exact) mass is 261 g/mol. The summed E-state index contributed by atoms with van der Waals surface area (Å²) in [7, 11) is -3.89. The molecule has 0 saturated heterocycles. The Kier molecular flexibility index (Phi) is 3.84. The van der Waals surface area contributed by atoms with Crippen LogP contribution in [0.5, 0.6) is 0 Å². The molecule has 0 aromatic heterocycles. The van der Waals surface area contributed by atoms with E-state index >= 15 is 0 Å². The number of nitrogens with one attached hydrogen (secondary N) is 1. The van der Waals surface area contributed by atoms with Gasteiger partial charge < -0.3 is 5.11 Å². The second-order valence-electron chi connectivity index (χ2n) is 3.76. The highest BCUT2D eigenvalue weighted by Gasteiger charge is 2.18. The summed E-state index contributed by atoms with van der Waals surface area (Å²) in [6.45, 7) is 3.21. The second-order valence-corrected chi connectivity index (χ2v) is 5.47. The second kappa shape index (κ2) is 4.80. The van der Waals surface area contributed by atoms with Gasteiger partial charge in [0.25, 0.3) is 0 Å². The normalized spacial score (nSPS) is 11.8. The van der Waals surface area contributed by atoms with E-state index in [9.17, 15) is 17.6 Å². The largest absolute Gasteiger partial charge is 0.478 e. The summed E-state index contributed by atoms with van der Waals surface area (Å²) < 4.78 is 38.7. The van der Waals surface area contributed by atoms with Gasteiger partial charge in [0.2, 0.25) is 10.0 Å². The number of carboxylic acid groups (broad SMARTS) is 1. The molecule has 0 heterocycles. The molecule has 5 nitrogen and oxygen atoms in total. The van der Waals surface area contributed by atoms with Crippen LogP contribution in [0.3, 0.4) is 0 Å². The van der Waals surface area contributed by atoms with Gasteiger partial charge in [0, 0.05) is 6.04 Å². The average Bonchev–Trinajstić information content (AvgIpc) is 2.14. The molecule has 0 radical (unpaired) electrons. The zero-order valence-electron chi connectivity index (χ0n) is 9.27. The molecule has 0 spiro atoms. The Bertz CT molecular complexity index is 539. The Balaban J connectivity index is 3.27. The van der Waals surface area contributed by atoms with E-state index < -0.39 is 32.3 Å². The summed E-state index contributed by atoms with van der Waals surface area (Å²) in [5, 5.41) is 8.70. The molecule has 0 amide bonds. The van der Waals surface area contributed by atoms with Crippen molar-refractivity contribution in [1.82, 2.24) is 4.72 Å². The molecule has 7 heteroatoms. The lowest BCUT2D eigenvalue weighted by Crippen LogP contribution is -2.30. The number of carboxylic acids is 1. The van der Waals surface area contributed by atoms with Gasteiger partial charge in [-0.2, -0.15) is 0 Å². The maximum absolute atomic E-state index is 13.1. The molecular weight excluding hydrogens is 249 g/mol. The smallest absolute Gasteiger partial charge is 0.335 e. The van der Waals surface area contributed by atoms with Crippen molar-refractivity contribution in [2.45, 2.75) is 24.8 Å². The van der Waals surface area contributed by atoms with E-state index in [-0.39, 0.29) is 6.04 Å². The molecule has 94 valence electrons. The minimum Gasteiger partial charge on any atom is -0.478 e. The zero-order chi connectivity index (χ0) is 13.2. The molecule has 0 aliphatic carbocycles. The molecule has 0 aliphatic heterocycles. The van der Waals surface area contributed by atoms with Crippen molar-refractivity contribution in [2.75, 3.05) is 0 Å². The van der Waals surface area contributed by atoms with Gasteiger partial charge in [-0.15, -0.1) is 0 Å². The molecule has 1 aromatic rings. The van der Waals surface area contributed by atoms with Crippen LogP contribution in [0.4, 0.5) is 4.39 Å². The summed E-state index contributed by atoms with van der Waals surface area (Å²) >= 11 is 0. The molecule has 2 N–H and O–H groups in total. The van der Waals surface area contributed by atoms with Crippen LogP contribution >= 0.6 is 0 Å². The summed E-state index contributed by atoms with van der Waals surface area (Å²) in [5.74, 6) is -2.29. The van der Waals surface area contributed by atoms with E-state index in [0.717, 1.165) is 18.2 Å². The molecule has 0 unspecified atom stereocenters. The Morgan fingerprint density at radius 3 is 2.41 bits per heavy atom. The van der Waals surface area contributed by atoms with Crippen LogP contribution in [-0.4, -0.2) is 25.5 Å². The maximum atomic E-state index is 13.1. The van der Waals surface area contributed by atoms with Gasteiger partial charge in [0.05, 0.1) is 10.5 Å². The Hall–Kier alpha value is -1.47. The van der Waals surface area contributed by atoms with Crippen molar-refractivity contribution in [2.24, 2.45) is 0 Å². The summed E-state index contributed by atoms with van der Waals surface area (Å²) in [6.07, 6.45) is 0. The Morgan fingerprint density at radius 1 is 1.35 bits per heavy atom. The number of sulfonamides is 1. The van der Waals surface area contributed by atoms with Gasteiger partial charge >= 0.3 is 5.97 Å². The summed E-state index contributed by atoms with van der Waals surface area (Å²) in [6, 6.07) is 2.08. The quantitative estimate of drug-likeness (QED) is 0.853. The van der Waals surface area contributed by atoms with Crippen LogP contribution in [0.15, 0.2) is 23.1 Å². The van der Waals surface area contributed by atoms with Crippen LogP contribution in [0.2, 0.25) is 0 Å². The number of aromatic carboxylic acids is 1. The SMILES string of the molecule is CC(C)NS(=O)(=O)c1cc(F)cc(C(=O)O)c1. The van der Waals surface area contributed by atoms with Gasteiger partial charge in [-0.25, -0.2) is 22.3 Å². The van der Waals surface area contributed by atoms with E-state index in [1.807, 2.05) is 0 Å². The number of hydrogen-bond donors (Lipinski definition) is 2. The lowest BCUT2D eigenvalue weighted by molar-refractivity contribution is 0.0696. The first kappa shape index (κ1) is 13.6. The van der Waals surface area contributed by atoms with E-state index in [0.29, 0.717) is 0 Å². The standard InChI is InChI=1S/C10H12FNO4S/c1-6(2)12-17(15,16)9-4-7(10(13)14)3-8(11)5-9/h3-6,12H,1-2H3,(H,13,14). The average molecular weight is 261 g/mol. The van der Waals surface area contributed by atoms with Crippen LogP contribution < -0.4 is 4.72 Å². The van der Waals surface area contributed by atoms with Crippen molar-refractivity contribution in [3.8, 4) is 0 Å². The molecule has 0 saturated carbocycles. The fourth-order valence-corrected chi connectivity index (χ4v) is 2.53. The van der Waals surface area contributed by atoms with E-state index in [1.54, 1.807) is 13.8 Å². The molecular formula is C10H12FNO4S. The molecule has 0 fully saturated rings. The third-order valence-corrected chi connectivity index (χ3v) is 3.46. The van der Waals surface area contributed by atoms with E-state index in [2.05, 4.69) is 4.72 Å². The van der Waals surface area contributed by atoms with Gasteiger partial charge in [-0.1, -0.05) is 0 Å². The van der Waals surface area contributed by atoms with Crippen LogP contribution in [0.25, 0.3) is 0 Å². The van der Waals surface area contributed by atoms with E-state index in [1.165, 1.54) is 0 Å². The highest BCUT2D eigenvalue weighted by atomic mass is 32.2. The van der Waals surface area contributed by atoms with Gasteiger partial charge in [-0.05, 0) is 32.0 Å². The summed E-state index contributed by atoms with van der Waals surface area (Å²) in [5.41, 5.74) is -0.408. The molecule has 17 heavy (non-hydrogen) atoms. The highest BCUT2D eigenvalue weighted by molar-refractivity contribution is 7.89. The number of rotatable bonds is 4. The third kappa shape index (κ3) is 3.50. The van der Waals surface area contributed by atoms with Gasteiger partial charge in [-0.3, -0.25) is 0 Å². The van der Waals surface area contributed by atoms with Gasteiger partial charge in [0.1, 0.15) is 5.82 Å². The molecule has 1 rings (SSSR count). The van der Waals surface area contributed by atoms with Crippen LogP contribution in [-0.2, 0) is 10.0 Å². The zero-order valence-corrected chi connectivity index (χ0v) is 10.1. The molecule has 1 aromatic carbocycles. The minimum absolute atomic E-state index is 0.364. The molecule has 0 atom stereocenters. The van der Waals surface area contributed by atoms with Crippen LogP contribution in [0, 0.1) is 5.82 Å². The van der Waals surface area contributed by atoms with E-state index in [4.69, 9.17) is 5.11 Å². The van der Waals surface area contributed by atoms with Crippen molar-refractivity contribution in [3.05, 3.63) is 29.6 Å². The van der Waals surface area contributed by atoms with Crippen molar-refractivity contribution in [1.29, 1.82) is 0 Å². The predicted octanol–water partition coefficient (Wildman–Crippen LogP) is 1.21. The van der Waals surface area contributed by atoms with Crippen molar-refractivity contribution >= 4 is 16.0 Å². The Labute approximate surface area is 98.3 Å². The molecule has 0 bridgehead atoms.